The zero-order valence-corrected chi connectivity index (χ0v) is 21.4. The minimum atomic E-state index is -0.696. The number of ether oxygens (including phenoxy) is 1. The van der Waals surface area contributed by atoms with Gasteiger partial charge in [0.2, 0.25) is 5.91 Å². The molecule has 0 unspecified atom stereocenters. The number of pyridine rings is 1. The Labute approximate surface area is 218 Å². The highest BCUT2D eigenvalue weighted by Gasteiger charge is 2.32. The molecule has 3 aromatic rings. The monoisotopic (exact) mass is 523 g/mol. The van der Waals surface area contributed by atoms with E-state index in [4.69, 9.17) is 4.74 Å². The minimum Gasteiger partial charge on any atom is -0.465 e. The quantitative estimate of drug-likeness (QED) is 0.510. The molecular weight excluding hydrogens is 493 g/mol. The van der Waals surface area contributed by atoms with E-state index in [0.29, 0.717) is 31.4 Å². The van der Waals surface area contributed by atoms with E-state index in [2.05, 4.69) is 15.2 Å². The van der Waals surface area contributed by atoms with Crippen molar-refractivity contribution in [3.63, 3.8) is 0 Å². The third kappa shape index (κ3) is 4.73. The fraction of sp³-hybridized carbons (Fsp3) is 0.444. The van der Waals surface area contributed by atoms with Gasteiger partial charge in [0.1, 0.15) is 5.82 Å². The van der Waals surface area contributed by atoms with Crippen LogP contribution in [0.25, 0.3) is 16.7 Å². The molecule has 38 heavy (non-hydrogen) atoms. The van der Waals surface area contributed by atoms with Gasteiger partial charge >= 0.3 is 11.7 Å². The summed E-state index contributed by atoms with van der Waals surface area (Å²) in [6.45, 7) is 0.903. The summed E-state index contributed by atoms with van der Waals surface area (Å²) in [5.41, 5.74) is -0.714. The number of carbonyl (C=O) groups excluding carboxylic acids is 2. The predicted molar refractivity (Wildman–Crippen MR) is 138 cm³/mol. The molecule has 3 heterocycles. The van der Waals surface area contributed by atoms with Crippen LogP contribution in [0.2, 0.25) is 0 Å². The van der Waals surface area contributed by atoms with Gasteiger partial charge in [-0.05, 0) is 76.4 Å². The highest BCUT2D eigenvalue weighted by molar-refractivity contribution is 5.90. The molecule has 1 saturated carbocycles. The molecule has 0 bridgehead atoms. The van der Waals surface area contributed by atoms with Gasteiger partial charge in [-0.3, -0.25) is 19.1 Å². The molecule has 0 spiro atoms. The van der Waals surface area contributed by atoms with Crippen molar-refractivity contribution in [2.24, 2.45) is 0 Å². The molecule has 1 aliphatic carbocycles. The highest BCUT2D eigenvalue weighted by Crippen LogP contribution is 2.28. The van der Waals surface area contributed by atoms with Crippen molar-refractivity contribution in [1.29, 1.82) is 0 Å². The zero-order valence-electron chi connectivity index (χ0n) is 21.4. The van der Waals surface area contributed by atoms with Gasteiger partial charge in [0.25, 0.3) is 5.56 Å². The van der Waals surface area contributed by atoms with Crippen molar-refractivity contribution in [2.45, 2.75) is 56.7 Å². The maximum Gasteiger partial charge on any atom is 0.337 e. The summed E-state index contributed by atoms with van der Waals surface area (Å²) in [6.07, 6.45) is 4.99. The largest absolute Gasteiger partial charge is 0.465 e. The SMILES string of the molecule is COC(=O)c1cccc(-n2c(=O)n(C3CCC(NC(=O)[C@H]4CCCN4C)CC3)c(=O)c3cc(F)cnc32)c1. The Morgan fingerprint density at radius 1 is 1.11 bits per heavy atom. The maximum atomic E-state index is 14.2. The molecule has 1 N–H and O–H groups in total. The molecule has 2 aliphatic rings. The first-order valence-electron chi connectivity index (χ1n) is 12.8. The number of amides is 1. The molecule has 1 aromatic carbocycles. The van der Waals surface area contributed by atoms with Crippen LogP contribution in [0.5, 0.6) is 0 Å². The number of hydrogen-bond acceptors (Lipinski definition) is 7. The second kappa shape index (κ2) is 10.5. The van der Waals surface area contributed by atoms with Gasteiger partial charge in [-0.15, -0.1) is 0 Å². The molecule has 10 nitrogen and oxygen atoms in total. The van der Waals surface area contributed by atoms with Crippen LogP contribution in [0.3, 0.4) is 0 Å². The summed E-state index contributed by atoms with van der Waals surface area (Å²) in [6, 6.07) is 6.70. The Morgan fingerprint density at radius 2 is 1.87 bits per heavy atom. The van der Waals surface area contributed by atoms with E-state index in [0.717, 1.165) is 36.2 Å². The molecule has 1 atom stereocenters. The van der Waals surface area contributed by atoms with Crippen molar-refractivity contribution in [3.05, 3.63) is 68.7 Å². The summed E-state index contributed by atoms with van der Waals surface area (Å²) < 4.78 is 21.4. The minimum absolute atomic E-state index is 0.00120. The number of likely N-dealkylation sites (N-methyl/N-ethyl adjacent to an activating group) is 1. The van der Waals surface area contributed by atoms with Crippen LogP contribution in [-0.2, 0) is 9.53 Å². The van der Waals surface area contributed by atoms with Gasteiger partial charge in [0, 0.05) is 12.1 Å². The Balaban J connectivity index is 1.49. The summed E-state index contributed by atoms with van der Waals surface area (Å²) in [4.78, 5) is 58.2. The number of methoxy groups -OCH3 is 1. The lowest BCUT2D eigenvalue weighted by atomic mass is 9.90. The second-order valence-electron chi connectivity index (χ2n) is 10.0. The fourth-order valence-corrected chi connectivity index (χ4v) is 5.64. The zero-order chi connectivity index (χ0) is 27.0. The van der Waals surface area contributed by atoms with E-state index in [9.17, 15) is 23.6 Å². The van der Waals surface area contributed by atoms with E-state index in [1.165, 1.54) is 17.7 Å². The van der Waals surface area contributed by atoms with Crippen LogP contribution in [0.1, 0.15) is 54.9 Å². The average molecular weight is 524 g/mol. The Morgan fingerprint density at radius 3 is 2.55 bits per heavy atom. The molecule has 1 saturated heterocycles. The molecule has 200 valence electrons. The summed E-state index contributed by atoms with van der Waals surface area (Å²) in [7, 11) is 3.20. The first-order valence-corrected chi connectivity index (χ1v) is 12.8. The lowest BCUT2D eigenvalue weighted by Crippen LogP contribution is -2.48. The Bertz CT molecular complexity index is 1510. The van der Waals surface area contributed by atoms with Gasteiger partial charge in [-0.1, -0.05) is 6.07 Å². The smallest absolute Gasteiger partial charge is 0.337 e. The third-order valence-corrected chi connectivity index (χ3v) is 7.65. The molecule has 1 aliphatic heterocycles. The lowest BCUT2D eigenvalue weighted by molar-refractivity contribution is -0.126. The predicted octanol–water partition coefficient (Wildman–Crippen LogP) is 2.17. The van der Waals surface area contributed by atoms with Crippen molar-refractivity contribution < 1.29 is 18.7 Å². The van der Waals surface area contributed by atoms with E-state index < -0.39 is 29.1 Å². The van der Waals surface area contributed by atoms with Crippen molar-refractivity contribution in [2.75, 3.05) is 20.7 Å². The van der Waals surface area contributed by atoms with Crippen LogP contribution < -0.4 is 16.6 Å². The summed E-state index contributed by atoms with van der Waals surface area (Å²) in [5, 5.41) is 3.10. The average Bonchev–Trinajstić information content (AvgIpc) is 3.36. The number of nitrogens with one attached hydrogen (secondary N) is 1. The van der Waals surface area contributed by atoms with Crippen molar-refractivity contribution in [1.82, 2.24) is 24.3 Å². The fourth-order valence-electron chi connectivity index (χ4n) is 5.64. The van der Waals surface area contributed by atoms with Crippen molar-refractivity contribution in [3.8, 4) is 5.69 Å². The number of likely N-dealkylation sites (tertiary alicyclic amines) is 1. The number of benzene rings is 1. The van der Waals surface area contributed by atoms with Crippen LogP contribution in [-0.4, -0.2) is 63.7 Å². The number of hydrogen-bond donors (Lipinski definition) is 1. The normalized spacial score (nSPS) is 21.9. The van der Waals surface area contributed by atoms with E-state index in [-0.39, 0.29) is 34.6 Å². The van der Waals surface area contributed by atoms with Gasteiger partial charge < -0.3 is 10.1 Å². The number of fused-ring (bicyclic) bond motifs is 1. The molecule has 2 fully saturated rings. The maximum absolute atomic E-state index is 14.2. The molecular formula is C27H30FN5O5. The van der Waals surface area contributed by atoms with Crippen LogP contribution >= 0.6 is 0 Å². The van der Waals surface area contributed by atoms with Crippen LogP contribution in [0.15, 0.2) is 46.1 Å². The standard InChI is InChI=1S/C27H30FN5O5/c1-31-12-4-7-22(31)24(34)30-18-8-10-19(11-9-18)33-25(35)21-14-17(28)15-29-23(21)32(27(33)37)20-6-3-5-16(13-20)26(36)38-2/h3,5-6,13-15,18-19,22H,4,7-12H2,1-2H3,(H,30,34)/t18?,19?,22-/m1/s1. The van der Waals surface area contributed by atoms with E-state index in [1.54, 1.807) is 18.2 Å². The number of esters is 1. The summed E-state index contributed by atoms with van der Waals surface area (Å²) >= 11 is 0. The molecule has 5 rings (SSSR count). The first-order chi connectivity index (χ1) is 18.3. The number of nitrogens with zero attached hydrogens (tertiary/aromatic N) is 4. The first kappa shape index (κ1) is 25.8. The lowest BCUT2D eigenvalue weighted by Gasteiger charge is -2.31. The van der Waals surface area contributed by atoms with Crippen LogP contribution in [0, 0.1) is 5.82 Å². The topological polar surface area (TPSA) is 116 Å². The second-order valence-corrected chi connectivity index (χ2v) is 10.0. The van der Waals surface area contributed by atoms with Crippen molar-refractivity contribution >= 4 is 22.9 Å². The van der Waals surface area contributed by atoms with Gasteiger partial charge in [-0.2, -0.15) is 0 Å². The number of rotatable bonds is 5. The van der Waals surface area contributed by atoms with E-state index >= 15 is 0 Å². The Hall–Kier alpha value is -3.86. The molecule has 0 radical (unpaired) electrons. The number of halogens is 1. The molecule has 11 heteroatoms. The number of aromatic nitrogens is 3. The summed E-state index contributed by atoms with van der Waals surface area (Å²) in [5.74, 6) is -1.26. The van der Waals surface area contributed by atoms with Gasteiger partial charge in [0.05, 0.1) is 36.0 Å². The van der Waals surface area contributed by atoms with E-state index in [1.807, 2.05) is 7.05 Å². The third-order valence-electron chi connectivity index (χ3n) is 7.65. The van der Waals surface area contributed by atoms with Gasteiger partial charge in [-0.25, -0.2) is 23.5 Å². The number of carbonyl (C=O) groups is 2. The Kier molecular flexibility index (Phi) is 7.11. The highest BCUT2D eigenvalue weighted by atomic mass is 19.1. The molecule has 1 amide bonds. The van der Waals surface area contributed by atoms with Crippen LogP contribution in [0.4, 0.5) is 4.39 Å². The molecule has 2 aromatic heterocycles. The van der Waals surface area contributed by atoms with Gasteiger partial charge in [0.15, 0.2) is 5.65 Å².